The number of amides is 2. The van der Waals surface area contributed by atoms with E-state index in [2.05, 4.69) is 21.3 Å². The van der Waals surface area contributed by atoms with Crippen LogP contribution in [-0.2, 0) is 56.3 Å². The number of nitrogens with zero attached hydrogens (tertiary/aromatic N) is 4. The third kappa shape index (κ3) is 15.3. The molecule has 4 heterocycles. The Morgan fingerprint density at radius 1 is 0.582 bits per heavy atom. The number of carboxylic acid groups (broad SMARTS) is 2. The monoisotopic (exact) mass is 1040 g/mol. The van der Waals surface area contributed by atoms with Gasteiger partial charge in [0.25, 0.3) is 29.9 Å². The van der Waals surface area contributed by atoms with Gasteiger partial charge in [0, 0.05) is 97.9 Å². The number of hydrogen-bond acceptors (Lipinski definition) is 10. The van der Waals surface area contributed by atoms with Crippen LogP contribution in [0.2, 0.25) is 0 Å². The average Bonchev–Trinajstić information content (AvgIpc) is 4.03. The second-order valence-electron chi connectivity index (χ2n) is 13.2. The normalized spacial score (nSPS) is 11.1. The van der Waals surface area contributed by atoms with Crippen molar-refractivity contribution in [3.05, 3.63) is 138 Å². The third-order valence-electron chi connectivity index (χ3n) is 8.38. The van der Waals surface area contributed by atoms with Gasteiger partial charge >= 0.3 is 11.9 Å². The Morgan fingerprint density at radius 3 is 1.28 bits per heavy atom. The Kier molecular flexibility index (Phi) is 18.3. The first-order valence-electron chi connectivity index (χ1n) is 17.9. The number of rotatable bonds is 11. The SMILES string of the molecule is C#CCNS(=O)(=O)c1cc(C(=O)Nc2ccc(F)c(F)c2)n(C)c1.Cn1cc(S(=O)(=O)Cl)cc1C(=O)Nc1ccc(F)c(F)c1.Cn1cc(S(=O)(=O)Cl)cc1C(=O)O.Cn1cccc1C(=O)O. The number of carbonyl (C=O) groups is 4. The number of aromatic carboxylic acids is 2. The van der Waals surface area contributed by atoms with Crippen molar-refractivity contribution < 1.29 is 72.2 Å². The van der Waals surface area contributed by atoms with E-state index in [9.17, 15) is 62.0 Å². The van der Waals surface area contributed by atoms with Crippen molar-refractivity contribution in [3.63, 3.8) is 0 Å². The second-order valence-corrected chi connectivity index (χ2v) is 20.1. The predicted molar refractivity (Wildman–Crippen MR) is 234 cm³/mol. The molecular weight excluding hydrogens is 1000 g/mol. The molecule has 6 aromatic rings. The quantitative estimate of drug-likeness (QED) is 0.0627. The van der Waals surface area contributed by atoms with E-state index in [0.29, 0.717) is 5.69 Å². The minimum absolute atomic E-state index is 0.000965. The summed E-state index contributed by atoms with van der Waals surface area (Å²) in [6, 6.07) is 12.2. The molecular formula is C39H35Cl2F4N7O12S3. The smallest absolute Gasteiger partial charge is 0.352 e. The molecule has 0 spiro atoms. The molecule has 358 valence electrons. The lowest BCUT2D eigenvalue weighted by molar-refractivity contribution is 0.0675. The Labute approximate surface area is 388 Å². The van der Waals surface area contributed by atoms with E-state index in [-0.39, 0.29) is 49.7 Å². The molecule has 2 amide bonds. The Balaban J connectivity index is 0.000000251. The first kappa shape index (κ1) is 54.4. The van der Waals surface area contributed by atoms with E-state index in [4.69, 9.17) is 38.0 Å². The summed E-state index contributed by atoms with van der Waals surface area (Å²) in [7, 11) is 4.59. The van der Waals surface area contributed by atoms with E-state index in [1.807, 2.05) is 0 Å². The highest BCUT2D eigenvalue weighted by Gasteiger charge is 2.22. The molecule has 0 saturated carbocycles. The summed E-state index contributed by atoms with van der Waals surface area (Å²) in [4.78, 5) is 44.3. The van der Waals surface area contributed by atoms with E-state index in [1.165, 1.54) is 59.4 Å². The summed E-state index contributed by atoms with van der Waals surface area (Å²) in [5.41, 5.74) is 0.277. The molecule has 0 aliphatic heterocycles. The van der Waals surface area contributed by atoms with Gasteiger partial charge in [-0.3, -0.25) is 9.59 Å². The van der Waals surface area contributed by atoms with Gasteiger partial charge in [-0.05, 0) is 54.6 Å². The first-order chi connectivity index (χ1) is 31.0. The van der Waals surface area contributed by atoms with Crippen LogP contribution in [0.15, 0.2) is 106 Å². The van der Waals surface area contributed by atoms with Crippen molar-refractivity contribution in [2.75, 3.05) is 17.2 Å². The van der Waals surface area contributed by atoms with E-state index >= 15 is 0 Å². The van der Waals surface area contributed by atoms with Crippen LogP contribution in [0.3, 0.4) is 0 Å². The molecule has 4 aromatic heterocycles. The van der Waals surface area contributed by atoms with Crippen LogP contribution >= 0.6 is 21.4 Å². The number of sulfonamides is 1. The number of nitrogens with one attached hydrogen (secondary N) is 3. The summed E-state index contributed by atoms with van der Waals surface area (Å²) in [6.07, 6.45) is 10.2. The third-order valence-corrected chi connectivity index (χ3v) is 12.4. The lowest BCUT2D eigenvalue weighted by atomic mass is 10.3. The lowest BCUT2D eigenvalue weighted by Gasteiger charge is -2.06. The number of halogens is 6. The maximum absolute atomic E-state index is 13.2. The molecule has 0 bridgehead atoms. The molecule has 0 atom stereocenters. The molecule has 0 aliphatic rings. The van der Waals surface area contributed by atoms with Crippen molar-refractivity contribution in [3.8, 4) is 12.3 Å². The summed E-state index contributed by atoms with van der Waals surface area (Å²) >= 11 is 0. The van der Waals surface area contributed by atoms with Crippen molar-refractivity contribution in [2.24, 2.45) is 28.2 Å². The van der Waals surface area contributed by atoms with Crippen molar-refractivity contribution >= 4 is 84.6 Å². The van der Waals surface area contributed by atoms with Gasteiger partial charge in [-0.1, -0.05) is 5.92 Å². The Bertz CT molecular complexity index is 3240. The molecule has 0 radical (unpaired) electrons. The standard InChI is InChI=1S/C15H13F2N3O3S.C12H9ClF2N2O3S.C6H6ClNO4S.C6H7NO2/c1-3-6-18-24(22,23)11-8-14(20(2)9-11)15(21)19-10-4-5-12(16)13(17)7-10;1-17-6-8(21(13,19)20)5-11(17)12(18)16-7-2-3-9(14)10(15)4-7;1-8-3-4(13(7,11)12)2-5(8)6(9)10;1-7-4-2-3-5(7)6(8)9/h1,4-5,7-9,18H,6H2,2H3,(H,19,21);2-6H,1H3,(H,16,18);2-3H,1H3,(H,9,10);2-4H,1H3,(H,8,9). The van der Waals surface area contributed by atoms with Gasteiger partial charge in [0.1, 0.15) is 37.5 Å². The largest absolute Gasteiger partial charge is 0.477 e. The summed E-state index contributed by atoms with van der Waals surface area (Å²) < 4.78 is 127. The molecule has 2 aromatic carbocycles. The number of anilines is 2. The van der Waals surface area contributed by atoms with Gasteiger partial charge in [0.15, 0.2) is 23.3 Å². The lowest BCUT2D eigenvalue weighted by Crippen LogP contribution is -2.23. The Hall–Kier alpha value is -6.89. The molecule has 0 fully saturated rings. The highest BCUT2D eigenvalue weighted by molar-refractivity contribution is 8.14. The van der Waals surface area contributed by atoms with E-state index < -0.39 is 75.1 Å². The fraction of sp³-hybridized carbons (Fsp3) is 0.128. The Morgan fingerprint density at radius 2 is 0.970 bits per heavy atom. The average molecular weight is 1040 g/mol. The summed E-state index contributed by atoms with van der Waals surface area (Å²) in [5, 5.41) is 21.7. The molecule has 67 heavy (non-hydrogen) atoms. The number of hydrogen-bond donors (Lipinski definition) is 5. The summed E-state index contributed by atoms with van der Waals surface area (Å²) in [5.74, 6) is -5.61. The fourth-order valence-corrected chi connectivity index (χ4v) is 7.70. The minimum Gasteiger partial charge on any atom is -0.477 e. The zero-order valence-corrected chi connectivity index (χ0v) is 38.7. The highest BCUT2D eigenvalue weighted by atomic mass is 35.7. The number of aromatic nitrogens is 4. The zero-order valence-electron chi connectivity index (χ0n) is 34.7. The molecule has 19 nitrogen and oxygen atoms in total. The van der Waals surface area contributed by atoms with Crippen LogP contribution in [0.4, 0.5) is 28.9 Å². The van der Waals surface area contributed by atoms with Gasteiger partial charge in [-0.15, -0.1) is 6.42 Å². The molecule has 5 N–H and O–H groups in total. The molecule has 0 unspecified atom stereocenters. The van der Waals surface area contributed by atoms with Crippen LogP contribution in [-0.4, -0.2) is 84.0 Å². The van der Waals surface area contributed by atoms with E-state index in [0.717, 1.165) is 48.7 Å². The molecule has 0 saturated heterocycles. The molecule has 6 rings (SSSR count). The maximum Gasteiger partial charge on any atom is 0.352 e. The molecule has 28 heteroatoms. The fourth-order valence-electron chi connectivity index (χ4n) is 5.12. The van der Waals surface area contributed by atoms with Gasteiger partial charge in [-0.2, -0.15) is 4.72 Å². The number of carbonyl (C=O) groups excluding carboxylic acids is 2. The van der Waals surface area contributed by atoms with Gasteiger partial charge < -0.3 is 39.1 Å². The van der Waals surface area contributed by atoms with Gasteiger partial charge in [0.2, 0.25) is 10.0 Å². The number of aryl methyl sites for hydroxylation is 4. The van der Waals surface area contributed by atoms with Crippen LogP contribution in [0.25, 0.3) is 0 Å². The van der Waals surface area contributed by atoms with Gasteiger partial charge in [-0.25, -0.2) is 52.4 Å². The van der Waals surface area contributed by atoms with Crippen molar-refractivity contribution in [1.29, 1.82) is 0 Å². The zero-order chi connectivity index (χ0) is 50.8. The maximum atomic E-state index is 13.2. The number of carboxylic acids is 2. The predicted octanol–water partition coefficient (Wildman–Crippen LogP) is 5.32. The minimum atomic E-state index is -3.96. The van der Waals surface area contributed by atoms with Crippen LogP contribution in [0.1, 0.15) is 42.0 Å². The van der Waals surface area contributed by atoms with Crippen molar-refractivity contribution in [2.45, 2.75) is 14.7 Å². The van der Waals surface area contributed by atoms with Gasteiger partial charge in [0.05, 0.1) is 6.54 Å². The van der Waals surface area contributed by atoms with E-state index in [1.54, 1.807) is 29.9 Å². The van der Waals surface area contributed by atoms with Crippen LogP contribution in [0.5, 0.6) is 0 Å². The molecule has 0 aliphatic carbocycles. The van der Waals surface area contributed by atoms with Crippen molar-refractivity contribution in [1.82, 2.24) is 23.0 Å². The first-order valence-corrected chi connectivity index (χ1v) is 24.0. The summed E-state index contributed by atoms with van der Waals surface area (Å²) in [6.45, 7) is -0.187. The second kappa shape index (κ2) is 22.5. The van der Waals surface area contributed by atoms with Crippen LogP contribution in [0, 0.1) is 35.6 Å². The number of benzene rings is 2. The topological polar surface area (TPSA) is 267 Å². The highest BCUT2D eigenvalue weighted by Crippen LogP contribution is 2.21. The number of terminal acetylenes is 1. The van der Waals surface area contributed by atoms with Crippen LogP contribution < -0.4 is 15.4 Å².